The molecule has 0 saturated carbocycles. The van der Waals surface area contributed by atoms with Gasteiger partial charge in [0, 0.05) is 16.3 Å². The summed E-state index contributed by atoms with van der Waals surface area (Å²) >= 11 is 3.53. The van der Waals surface area contributed by atoms with Crippen molar-refractivity contribution in [2.45, 2.75) is 0 Å². The summed E-state index contributed by atoms with van der Waals surface area (Å²) in [6.45, 7) is 0. The molecule has 4 heteroatoms. The number of rotatable bonds is 4. The summed E-state index contributed by atoms with van der Waals surface area (Å²) in [4.78, 5) is 4.46. The Kier molecular flexibility index (Phi) is 5.05. The number of aliphatic imine (C=N–C) groups is 1. The lowest BCUT2D eigenvalue weighted by Crippen LogP contribution is -1.88. The van der Waals surface area contributed by atoms with E-state index in [1.807, 2.05) is 48.5 Å². The number of nitriles is 1. The normalized spacial score (nSPS) is 10.5. The minimum Gasteiger partial charge on any atom is -0.457 e. The van der Waals surface area contributed by atoms with Crippen LogP contribution in [-0.4, -0.2) is 6.21 Å². The number of benzene rings is 3. The van der Waals surface area contributed by atoms with Gasteiger partial charge < -0.3 is 4.74 Å². The first-order chi connectivity index (χ1) is 11.7. The Bertz CT molecular complexity index is 897. The van der Waals surface area contributed by atoms with Crippen molar-refractivity contribution in [3.63, 3.8) is 0 Å². The molecule has 0 aliphatic heterocycles. The van der Waals surface area contributed by atoms with E-state index in [0.29, 0.717) is 17.1 Å². The zero-order valence-electron chi connectivity index (χ0n) is 12.7. The molecule has 0 aromatic heterocycles. The smallest absolute Gasteiger partial charge is 0.128 e. The molecule has 0 N–H and O–H groups in total. The van der Waals surface area contributed by atoms with Crippen LogP contribution in [0.25, 0.3) is 0 Å². The standard InChI is InChI=1S/C20H13BrN2O/c21-20-11-10-19(24-18-8-6-15(13-22)7-9-18)12-16(20)14-23-17-4-2-1-3-5-17/h1-12,14H. The molecule has 116 valence electrons. The molecule has 0 spiro atoms. The molecular weight excluding hydrogens is 364 g/mol. The van der Waals surface area contributed by atoms with Crippen molar-refractivity contribution in [2.24, 2.45) is 4.99 Å². The van der Waals surface area contributed by atoms with Crippen LogP contribution in [0.3, 0.4) is 0 Å². The van der Waals surface area contributed by atoms with Gasteiger partial charge in [-0.05, 0) is 54.6 Å². The number of para-hydroxylation sites is 1. The molecule has 24 heavy (non-hydrogen) atoms. The van der Waals surface area contributed by atoms with E-state index < -0.39 is 0 Å². The first kappa shape index (κ1) is 16.0. The van der Waals surface area contributed by atoms with Gasteiger partial charge >= 0.3 is 0 Å². The van der Waals surface area contributed by atoms with E-state index in [0.717, 1.165) is 15.7 Å². The van der Waals surface area contributed by atoms with Gasteiger partial charge in [0.25, 0.3) is 0 Å². The third-order valence-electron chi connectivity index (χ3n) is 3.30. The molecule has 3 aromatic carbocycles. The Balaban J connectivity index is 1.80. The van der Waals surface area contributed by atoms with Crippen LogP contribution in [0.4, 0.5) is 5.69 Å². The Morgan fingerprint density at radius 2 is 1.62 bits per heavy atom. The molecule has 0 unspecified atom stereocenters. The largest absolute Gasteiger partial charge is 0.457 e. The van der Waals surface area contributed by atoms with Gasteiger partial charge in [0.15, 0.2) is 0 Å². The Morgan fingerprint density at radius 1 is 0.917 bits per heavy atom. The highest BCUT2D eigenvalue weighted by atomic mass is 79.9. The van der Waals surface area contributed by atoms with Crippen molar-refractivity contribution in [3.8, 4) is 17.6 Å². The first-order valence-electron chi connectivity index (χ1n) is 7.31. The molecule has 0 saturated heterocycles. The molecule has 3 rings (SSSR count). The predicted molar refractivity (Wildman–Crippen MR) is 99.1 cm³/mol. The Hall–Kier alpha value is -2.90. The maximum atomic E-state index is 8.83. The lowest BCUT2D eigenvalue weighted by Gasteiger charge is -2.07. The molecular formula is C20H13BrN2O. The Morgan fingerprint density at radius 3 is 2.33 bits per heavy atom. The quantitative estimate of drug-likeness (QED) is 0.535. The topological polar surface area (TPSA) is 45.4 Å². The second-order valence-corrected chi connectivity index (χ2v) is 5.87. The SMILES string of the molecule is N#Cc1ccc(Oc2ccc(Br)c(C=Nc3ccccc3)c2)cc1. The van der Waals surface area contributed by atoms with Crippen molar-refractivity contribution in [1.29, 1.82) is 5.26 Å². The highest BCUT2D eigenvalue weighted by molar-refractivity contribution is 9.10. The third-order valence-corrected chi connectivity index (χ3v) is 4.02. The van der Waals surface area contributed by atoms with E-state index in [1.165, 1.54) is 0 Å². The average molecular weight is 377 g/mol. The van der Waals surface area contributed by atoms with Gasteiger partial charge in [-0.25, -0.2) is 0 Å². The lowest BCUT2D eigenvalue weighted by molar-refractivity contribution is 0.482. The van der Waals surface area contributed by atoms with Crippen LogP contribution in [0, 0.1) is 11.3 Å². The van der Waals surface area contributed by atoms with Crippen LogP contribution in [0.15, 0.2) is 82.3 Å². The molecule has 0 atom stereocenters. The molecule has 0 aliphatic rings. The zero-order chi connectivity index (χ0) is 16.8. The van der Waals surface area contributed by atoms with Crippen LogP contribution in [0.5, 0.6) is 11.5 Å². The molecule has 0 bridgehead atoms. The van der Waals surface area contributed by atoms with E-state index in [4.69, 9.17) is 10.00 Å². The van der Waals surface area contributed by atoms with E-state index in [9.17, 15) is 0 Å². The maximum absolute atomic E-state index is 8.83. The predicted octanol–water partition coefficient (Wildman–Crippen LogP) is 5.86. The number of ether oxygens (including phenoxy) is 1. The minimum absolute atomic E-state index is 0.605. The van der Waals surface area contributed by atoms with Gasteiger partial charge in [-0.3, -0.25) is 4.99 Å². The van der Waals surface area contributed by atoms with Crippen LogP contribution < -0.4 is 4.74 Å². The first-order valence-corrected chi connectivity index (χ1v) is 8.10. The summed E-state index contributed by atoms with van der Waals surface area (Å²) in [7, 11) is 0. The molecule has 0 fully saturated rings. The summed E-state index contributed by atoms with van der Waals surface area (Å²) in [6.07, 6.45) is 1.80. The fourth-order valence-corrected chi connectivity index (χ4v) is 2.42. The summed E-state index contributed by atoms with van der Waals surface area (Å²) < 4.78 is 6.77. The Labute approximate surface area is 149 Å². The third kappa shape index (κ3) is 4.09. The minimum atomic E-state index is 0.605. The van der Waals surface area contributed by atoms with Crippen LogP contribution >= 0.6 is 15.9 Å². The van der Waals surface area contributed by atoms with Crippen LogP contribution in [0.1, 0.15) is 11.1 Å². The number of hydrogen-bond donors (Lipinski definition) is 0. The monoisotopic (exact) mass is 376 g/mol. The van der Waals surface area contributed by atoms with E-state index in [-0.39, 0.29) is 0 Å². The van der Waals surface area contributed by atoms with E-state index in [2.05, 4.69) is 27.0 Å². The number of hydrogen-bond acceptors (Lipinski definition) is 3. The maximum Gasteiger partial charge on any atom is 0.128 e. The lowest BCUT2D eigenvalue weighted by atomic mass is 10.2. The van der Waals surface area contributed by atoms with E-state index >= 15 is 0 Å². The summed E-state index contributed by atoms with van der Waals surface area (Å²) in [5, 5.41) is 8.83. The van der Waals surface area contributed by atoms with Gasteiger partial charge in [0.1, 0.15) is 11.5 Å². The van der Waals surface area contributed by atoms with Crippen LogP contribution in [0.2, 0.25) is 0 Å². The molecule has 0 aliphatic carbocycles. The van der Waals surface area contributed by atoms with Crippen molar-refractivity contribution in [3.05, 3.63) is 88.4 Å². The fourth-order valence-electron chi connectivity index (χ4n) is 2.08. The molecule has 0 radical (unpaired) electrons. The van der Waals surface area contributed by atoms with Gasteiger partial charge in [-0.2, -0.15) is 5.26 Å². The van der Waals surface area contributed by atoms with Gasteiger partial charge in [-0.15, -0.1) is 0 Å². The fraction of sp³-hybridized carbons (Fsp3) is 0. The summed E-state index contributed by atoms with van der Waals surface area (Å²) in [5.41, 5.74) is 2.42. The average Bonchev–Trinajstić information content (AvgIpc) is 2.63. The number of nitrogens with zero attached hydrogens (tertiary/aromatic N) is 2. The molecule has 0 amide bonds. The van der Waals surface area contributed by atoms with Crippen molar-refractivity contribution >= 4 is 27.8 Å². The zero-order valence-corrected chi connectivity index (χ0v) is 14.3. The second-order valence-electron chi connectivity index (χ2n) is 5.02. The van der Waals surface area contributed by atoms with Gasteiger partial charge in [0.05, 0.1) is 17.3 Å². The highest BCUT2D eigenvalue weighted by Crippen LogP contribution is 2.26. The second kappa shape index (κ2) is 7.58. The number of halogens is 1. The molecule has 0 heterocycles. The van der Waals surface area contributed by atoms with E-state index in [1.54, 1.807) is 30.5 Å². The van der Waals surface area contributed by atoms with Crippen LogP contribution in [-0.2, 0) is 0 Å². The van der Waals surface area contributed by atoms with Crippen molar-refractivity contribution in [1.82, 2.24) is 0 Å². The van der Waals surface area contributed by atoms with Gasteiger partial charge in [0.2, 0.25) is 0 Å². The van der Waals surface area contributed by atoms with Gasteiger partial charge in [-0.1, -0.05) is 34.1 Å². The summed E-state index contributed by atoms with van der Waals surface area (Å²) in [5.74, 6) is 1.39. The summed E-state index contributed by atoms with van der Waals surface area (Å²) in [6, 6.07) is 24.6. The van der Waals surface area contributed by atoms with Crippen molar-refractivity contribution in [2.75, 3.05) is 0 Å². The molecule has 3 aromatic rings. The highest BCUT2D eigenvalue weighted by Gasteiger charge is 2.03. The van der Waals surface area contributed by atoms with Crippen molar-refractivity contribution < 1.29 is 4.74 Å². The molecule has 3 nitrogen and oxygen atoms in total.